The van der Waals surface area contributed by atoms with Gasteiger partial charge in [0.15, 0.2) is 11.5 Å². The Bertz CT molecular complexity index is 745. The second-order valence-corrected chi connectivity index (χ2v) is 6.33. The van der Waals surface area contributed by atoms with Gasteiger partial charge in [0, 0.05) is 15.0 Å². The van der Waals surface area contributed by atoms with E-state index in [-0.39, 0.29) is 5.91 Å². The number of anilines is 1. The molecular formula is C17H15Br2NO3. The summed E-state index contributed by atoms with van der Waals surface area (Å²) in [6, 6.07) is 11.0. The Morgan fingerprint density at radius 1 is 1.04 bits per heavy atom. The highest BCUT2D eigenvalue weighted by Gasteiger charge is 2.05. The number of halogens is 2. The molecule has 120 valence electrons. The first-order valence-corrected chi connectivity index (χ1v) is 8.28. The number of rotatable bonds is 5. The van der Waals surface area contributed by atoms with Crippen molar-refractivity contribution >= 4 is 49.5 Å². The highest BCUT2D eigenvalue weighted by molar-refractivity contribution is 9.11. The molecule has 0 atom stereocenters. The summed E-state index contributed by atoms with van der Waals surface area (Å²) in [5.74, 6) is 1.04. The minimum atomic E-state index is -0.220. The third kappa shape index (κ3) is 4.84. The molecule has 0 heterocycles. The van der Waals surface area contributed by atoms with Crippen molar-refractivity contribution in [3.05, 3.63) is 57.0 Å². The Hall–Kier alpha value is -1.79. The van der Waals surface area contributed by atoms with Gasteiger partial charge in [-0.15, -0.1) is 0 Å². The summed E-state index contributed by atoms with van der Waals surface area (Å²) in [4.78, 5) is 12.0. The number of hydrogen-bond acceptors (Lipinski definition) is 3. The fraction of sp³-hybridized carbons (Fsp3) is 0.118. The topological polar surface area (TPSA) is 47.6 Å². The maximum Gasteiger partial charge on any atom is 0.248 e. The Morgan fingerprint density at radius 3 is 2.43 bits per heavy atom. The van der Waals surface area contributed by atoms with Crippen molar-refractivity contribution in [3.8, 4) is 11.5 Å². The summed E-state index contributed by atoms with van der Waals surface area (Å²) in [6.45, 7) is 0. The molecule has 0 saturated carbocycles. The molecule has 6 heteroatoms. The molecule has 1 N–H and O–H groups in total. The third-order valence-corrected chi connectivity index (χ3v) is 4.17. The SMILES string of the molecule is COc1ccc(C=CC(=O)Nc2ccc(Br)cc2Br)cc1OC. The summed E-state index contributed by atoms with van der Waals surface area (Å²) in [7, 11) is 3.15. The van der Waals surface area contributed by atoms with Gasteiger partial charge in [-0.25, -0.2) is 0 Å². The molecule has 23 heavy (non-hydrogen) atoms. The lowest BCUT2D eigenvalue weighted by atomic mass is 10.2. The molecule has 0 spiro atoms. The summed E-state index contributed by atoms with van der Waals surface area (Å²) >= 11 is 6.78. The molecular weight excluding hydrogens is 426 g/mol. The maximum absolute atomic E-state index is 12.0. The average molecular weight is 441 g/mol. The second-order valence-electron chi connectivity index (χ2n) is 4.56. The predicted molar refractivity (Wildman–Crippen MR) is 99.1 cm³/mol. The molecule has 2 aromatic carbocycles. The molecule has 0 aliphatic rings. The third-order valence-electron chi connectivity index (χ3n) is 3.02. The van der Waals surface area contributed by atoms with E-state index in [0.29, 0.717) is 17.2 Å². The zero-order valence-electron chi connectivity index (χ0n) is 12.6. The van der Waals surface area contributed by atoms with Gasteiger partial charge in [0.05, 0.1) is 19.9 Å². The van der Waals surface area contributed by atoms with Crippen molar-refractivity contribution < 1.29 is 14.3 Å². The van der Waals surface area contributed by atoms with Gasteiger partial charge in [-0.2, -0.15) is 0 Å². The van der Waals surface area contributed by atoms with E-state index in [1.807, 2.05) is 24.3 Å². The van der Waals surface area contributed by atoms with Crippen LogP contribution in [0.5, 0.6) is 11.5 Å². The van der Waals surface area contributed by atoms with Crippen LogP contribution in [0.4, 0.5) is 5.69 Å². The van der Waals surface area contributed by atoms with Crippen molar-refractivity contribution in [2.75, 3.05) is 19.5 Å². The highest BCUT2D eigenvalue weighted by atomic mass is 79.9. The van der Waals surface area contributed by atoms with Gasteiger partial charge in [-0.1, -0.05) is 22.0 Å². The van der Waals surface area contributed by atoms with Gasteiger partial charge in [0.25, 0.3) is 0 Å². The normalized spacial score (nSPS) is 10.6. The standard InChI is InChI=1S/C17H15Br2NO3/c1-22-15-7-3-11(9-16(15)23-2)4-8-17(21)20-14-6-5-12(18)10-13(14)19/h3-10H,1-2H3,(H,20,21). The van der Waals surface area contributed by atoms with Crippen LogP contribution >= 0.6 is 31.9 Å². The van der Waals surface area contributed by atoms with E-state index in [2.05, 4.69) is 37.2 Å². The molecule has 0 aromatic heterocycles. The molecule has 4 nitrogen and oxygen atoms in total. The monoisotopic (exact) mass is 439 g/mol. The summed E-state index contributed by atoms with van der Waals surface area (Å²) < 4.78 is 12.2. The molecule has 0 saturated heterocycles. The zero-order valence-corrected chi connectivity index (χ0v) is 15.8. The number of hydrogen-bond donors (Lipinski definition) is 1. The Kier molecular flexibility index (Phi) is 6.24. The van der Waals surface area contributed by atoms with Crippen molar-refractivity contribution in [3.63, 3.8) is 0 Å². The van der Waals surface area contributed by atoms with E-state index in [4.69, 9.17) is 9.47 Å². The number of carbonyl (C=O) groups excluding carboxylic acids is 1. The van der Waals surface area contributed by atoms with Crippen LogP contribution in [-0.4, -0.2) is 20.1 Å². The van der Waals surface area contributed by atoms with Crippen molar-refractivity contribution in [1.29, 1.82) is 0 Å². The summed E-state index contributed by atoms with van der Waals surface area (Å²) in [5, 5.41) is 2.81. The highest BCUT2D eigenvalue weighted by Crippen LogP contribution is 2.28. The molecule has 2 aromatic rings. The smallest absolute Gasteiger partial charge is 0.248 e. The number of methoxy groups -OCH3 is 2. The number of carbonyl (C=O) groups is 1. The first-order chi connectivity index (χ1) is 11.0. The predicted octanol–water partition coefficient (Wildman–Crippen LogP) is 4.88. The number of nitrogens with one attached hydrogen (secondary N) is 1. The van der Waals surface area contributed by atoms with Crippen LogP contribution in [0.3, 0.4) is 0 Å². The second kappa shape index (κ2) is 8.17. The number of amides is 1. The fourth-order valence-corrected chi connectivity index (χ4v) is 3.04. The van der Waals surface area contributed by atoms with Gasteiger partial charge in [-0.3, -0.25) is 4.79 Å². The lowest BCUT2D eigenvalue weighted by Gasteiger charge is -2.08. The first-order valence-electron chi connectivity index (χ1n) is 6.69. The van der Waals surface area contributed by atoms with E-state index in [0.717, 1.165) is 14.5 Å². The summed E-state index contributed by atoms with van der Waals surface area (Å²) in [6.07, 6.45) is 3.18. The lowest BCUT2D eigenvalue weighted by molar-refractivity contribution is -0.111. The Morgan fingerprint density at radius 2 is 1.78 bits per heavy atom. The minimum absolute atomic E-state index is 0.220. The van der Waals surface area contributed by atoms with Gasteiger partial charge in [0.1, 0.15) is 0 Å². The van der Waals surface area contributed by atoms with Crippen molar-refractivity contribution in [2.24, 2.45) is 0 Å². The fourth-order valence-electron chi connectivity index (χ4n) is 1.89. The average Bonchev–Trinajstić information content (AvgIpc) is 2.55. The van der Waals surface area contributed by atoms with Crippen molar-refractivity contribution in [2.45, 2.75) is 0 Å². The molecule has 0 bridgehead atoms. The minimum Gasteiger partial charge on any atom is -0.493 e. The van der Waals surface area contributed by atoms with Crippen LogP contribution in [0.1, 0.15) is 5.56 Å². The van der Waals surface area contributed by atoms with E-state index >= 15 is 0 Å². The van der Waals surface area contributed by atoms with Crippen LogP contribution < -0.4 is 14.8 Å². The van der Waals surface area contributed by atoms with E-state index in [9.17, 15) is 4.79 Å². The molecule has 1 amide bonds. The maximum atomic E-state index is 12.0. The van der Waals surface area contributed by atoms with Crippen LogP contribution in [-0.2, 0) is 4.79 Å². The molecule has 0 aliphatic carbocycles. The molecule has 2 rings (SSSR count). The van der Waals surface area contributed by atoms with Crippen LogP contribution in [0.15, 0.2) is 51.4 Å². The lowest BCUT2D eigenvalue weighted by Crippen LogP contribution is -2.08. The van der Waals surface area contributed by atoms with Crippen LogP contribution in [0.25, 0.3) is 6.08 Å². The van der Waals surface area contributed by atoms with Gasteiger partial charge in [0.2, 0.25) is 5.91 Å². The first kappa shape index (κ1) is 17.6. The Labute approximate surface area is 151 Å². The number of ether oxygens (including phenoxy) is 2. The Balaban J connectivity index is 2.09. The number of benzene rings is 2. The van der Waals surface area contributed by atoms with Gasteiger partial charge >= 0.3 is 0 Å². The molecule has 0 unspecified atom stereocenters. The van der Waals surface area contributed by atoms with Crippen LogP contribution in [0, 0.1) is 0 Å². The van der Waals surface area contributed by atoms with Gasteiger partial charge < -0.3 is 14.8 Å². The quantitative estimate of drug-likeness (QED) is 0.674. The van der Waals surface area contributed by atoms with Crippen LogP contribution in [0.2, 0.25) is 0 Å². The van der Waals surface area contributed by atoms with Crippen molar-refractivity contribution in [1.82, 2.24) is 0 Å². The summed E-state index contributed by atoms with van der Waals surface area (Å²) in [5.41, 5.74) is 1.54. The van der Waals surface area contributed by atoms with E-state index < -0.39 is 0 Å². The largest absolute Gasteiger partial charge is 0.493 e. The van der Waals surface area contributed by atoms with E-state index in [1.165, 1.54) is 6.08 Å². The van der Waals surface area contributed by atoms with E-state index in [1.54, 1.807) is 32.4 Å². The molecule has 0 radical (unpaired) electrons. The zero-order chi connectivity index (χ0) is 16.8. The van der Waals surface area contributed by atoms with Gasteiger partial charge in [-0.05, 0) is 57.9 Å². The molecule has 0 fully saturated rings. The molecule has 0 aliphatic heterocycles.